The van der Waals surface area contributed by atoms with Gasteiger partial charge in [0.05, 0.1) is 5.56 Å². The number of carbonyl (C=O) groups excluding carboxylic acids is 1. The van der Waals surface area contributed by atoms with E-state index in [9.17, 15) is 4.79 Å². The zero-order valence-electron chi connectivity index (χ0n) is 12.8. The van der Waals surface area contributed by atoms with Crippen LogP contribution in [-0.4, -0.2) is 23.9 Å². The van der Waals surface area contributed by atoms with Crippen LogP contribution in [0.25, 0.3) is 0 Å². The molecular formula is C17H21BrN2O. The van der Waals surface area contributed by atoms with Crippen LogP contribution in [0.2, 0.25) is 0 Å². The molecule has 1 saturated heterocycles. The molecule has 1 aliphatic heterocycles. The van der Waals surface area contributed by atoms with Crippen molar-refractivity contribution in [3.8, 4) is 6.07 Å². The van der Waals surface area contributed by atoms with Crippen molar-refractivity contribution in [3.05, 3.63) is 33.8 Å². The lowest BCUT2D eigenvalue weighted by Gasteiger charge is -2.38. The summed E-state index contributed by atoms with van der Waals surface area (Å²) in [5.41, 5.74) is 1.51. The average Bonchev–Trinajstić information content (AvgIpc) is 2.45. The van der Waals surface area contributed by atoms with Crippen LogP contribution in [0.1, 0.15) is 49.5 Å². The molecule has 2 rings (SSSR count). The summed E-state index contributed by atoms with van der Waals surface area (Å²) in [6, 6.07) is 7.27. The van der Waals surface area contributed by atoms with Crippen molar-refractivity contribution in [2.45, 2.75) is 33.6 Å². The van der Waals surface area contributed by atoms with E-state index in [2.05, 4.69) is 42.8 Å². The Morgan fingerprint density at radius 3 is 2.43 bits per heavy atom. The lowest BCUT2D eigenvalue weighted by atomic mass is 9.75. The summed E-state index contributed by atoms with van der Waals surface area (Å²) in [7, 11) is 0. The van der Waals surface area contributed by atoms with E-state index in [0.717, 1.165) is 25.9 Å². The lowest BCUT2D eigenvalue weighted by Crippen LogP contribution is -2.41. The Hall–Kier alpha value is -1.34. The number of nitriles is 1. The minimum atomic E-state index is 0.0625. The summed E-state index contributed by atoms with van der Waals surface area (Å²) in [6.45, 7) is 8.45. The van der Waals surface area contributed by atoms with Gasteiger partial charge in [-0.05, 0) is 58.3 Å². The third-order valence-corrected chi connectivity index (χ3v) is 5.00. The standard InChI is InChI=1S/C17H21BrN2O/c1-17(2,3)14-6-8-20(9-7-14)16(21)12-4-5-13(11-19)15(18)10-12/h4-5,10,14H,6-9H2,1-3H3. The molecule has 1 aromatic carbocycles. The normalized spacial score (nSPS) is 16.6. The highest BCUT2D eigenvalue weighted by molar-refractivity contribution is 9.10. The minimum absolute atomic E-state index is 0.0625. The van der Waals surface area contributed by atoms with Gasteiger partial charge in [-0.25, -0.2) is 0 Å². The van der Waals surface area contributed by atoms with Gasteiger partial charge in [0.1, 0.15) is 6.07 Å². The van der Waals surface area contributed by atoms with E-state index < -0.39 is 0 Å². The highest BCUT2D eigenvalue weighted by Crippen LogP contribution is 2.34. The summed E-state index contributed by atoms with van der Waals surface area (Å²) in [5.74, 6) is 0.738. The van der Waals surface area contributed by atoms with Crippen LogP contribution in [0.3, 0.4) is 0 Å². The van der Waals surface area contributed by atoms with Gasteiger partial charge in [0.2, 0.25) is 0 Å². The van der Waals surface area contributed by atoms with Crippen molar-refractivity contribution < 1.29 is 4.79 Å². The first-order chi connectivity index (χ1) is 9.82. The molecular weight excluding hydrogens is 328 g/mol. The first-order valence-electron chi connectivity index (χ1n) is 7.32. The van der Waals surface area contributed by atoms with Crippen LogP contribution < -0.4 is 0 Å². The van der Waals surface area contributed by atoms with Gasteiger partial charge in [-0.3, -0.25) is 4.79 Å². The Bertz CT molecular complexity index is 575. The van der Waals surface area contributed by atoms with Gasteiger partial charge in [-0.2, -0.15) is 5.26 Å². The second-order valence-corrected chi connectivity index (χ2v) is 7.59. The molecule has 0 unspecified atom stereocenters. The van der Waals surface area contributed by atoms with Crippen LogP contribution in [-0.2, 0) is 0 Å². The van der Waals surface area contributed by atoms with Gasteiger partial charge in [-0.15, -0.1) is 0 Å². The van der Waals surface area contributed by atoms with Gasteiger partial charge >= 0.3 is 0 Å². The van der Waals surface area contributed by atoms with E-state index in [0.29, 0.717) is 26.9 Å². The van der Waals surface area contributed by atoms with E-state index in [1.165, 1.54) is 0 Å². The number of rotatable bonds is 1. The van der Waals surface area contributed by atoms with Crippen LogP contribution in [0.4, 0.5) is 0 Å². The summed E-state index contributed by atoms with van der Waals surface area (Å²) < 4.78 is 0.681. The Labute approximate surface area is 135 Å². The van der Waals surface area contributed by atoms with Crippen molar-refractivity contribution in [1.82, 2.24) is 4.90 Å². The smallest absolute Gasteiger partial charge is 0.253 e. The van der Waals surface area contributed by atoms with Gasteiger partial charge in [0, 0.05) is 23.1 Å². The van der Waals surface area contributed by atoms with Crippen molar-refractivity contribution >= 4 is 21.8 Å². The number of hydrogen-bond acceptors (Lipinski definition) is 2. The molecule has 0 spiro atoms. The second kappa shape index (κ2) is 6.19. The Balaban J connectivity index is 2.06. The fraction of sp³-hybridized carbons (Fsp3) is 0.529. The van der Waals surface area contributed by atoms with Crippen LogP contribution in [0.15, 0.2) is 22.7 Å². The molecule has 0 aliphatic carbocycles. The fourth-order valence-corrected chi connectivity index (χ4v) is 3.34. The SMILES string of the molecule is CC(C)(C)C1CCN(C(=O)c2ccc(C#N)c(Br)c2)CC1. The molecule has 1 amide bonds. The van der Waals surface area contributed by atoms with Gasteiger partial charge in [0.25, 0.3) is 5.91 Å². The molecule has 1 aromatic rings. The molecule has 1 heterocycles. The average molecular weight is 349 g/mol. The van der Waals surface area contributed by atoms with E-state index in [4.69, 9.17) is 5.26 Å². The van der Waals surface area contributed by atoms with Gasteiger partial charge in [-0.1, -0.05) is 20.8 Å². The van der Waals surface area contributed by atoms with E-state index in [1.54, 1.807) is 18.2 Å². The Kier molecular flexibility index (Phi) is 4.73. The third-order valence-electron chi connectivity index (χ3n) is 4.34. The fourth-order valence-electron chi connectivity index (χ4n) is 2.87. The molecule has 0 aromatic heterocycles. The van der Waals surface area contributed by atoms with Crippen molar-refractivity contribution in [3.63, 3.8) is 0 Å². The number of hydrogen-bond donors (Lipinski definition) is 0. The first kappa shape index (κ1) is 16.0. The molecule has 0 bridgehead atoms. The van der Waals surface area contributed by atoms with Crippen molar-refractivity contribution in [2.75, 3.05) is 13.1 Å². The topological polar surface area (TPSA) is 44.1 Å². The summed E-state index contributed by atoms with van der Waals surface area (Å²) in [5, 5.41) is 8.93. The number of nitrogens with zero attached hydrogens (tertiary/aromatic N) is 2. The molecule has 3 nitrogen and oxygen atoms in total. The van der Waals surface area contributed by atoms with E-state index in [-0.39, 0.29) is 5.91 Å². The predicted molar refractivity (Wildman–Crippen MR) is 86.9 cm³/mol. The highest BCUT2D eigenvalue weighted by atomic mass is 79.9. The monoisotopic (exact) mass is 348 g/mol. The highest BCUT2D eigenvalue weighted by Gasteiger charge is 2.30. The molecule has 0 radical (unpaired) electrons. The van der Waals surface area contributed by atoms with Crippen LogP contribution in [0.5, 0.6) is 0 Å². The molecule has 21 heavy (non-hydrogen) atoms. The first-order valence-corrected chi connectivity index (χ1v) is 8.11. The zero-order valence-corrected chi connectivity index (χ0v) is 14.4. The molecule has 4 heteroatoms. The lowest BCUT2D eigenvalue weighted by molar-refractivity contribution is 0.0608. The zero-order chi connectivity index (χ0) is 15.6. The number of halogens is 1. The summed E-state index contributed by atoms with van der Waals surface area (Å²) in [6.07, 6.45) is 2.12. The molecule has 1 fully saturated rings. The summed E-state index contributed by atoms with van der Waals surface area (Å²) >= 11 is 3.34. The van der Waals surface area contributed by atoms with Gasteiger partial charge < -0.3 is 4.90 Å². The number of benzene rings is 1. The predicted octanol–water partition coefficient (Wildman–Crippen LogP) is 4.22. The maximum absolute atomic E-state index is 12.5. The molecule has 0 saturated carbocycles. The van der Waals surface area contributed by atoms with Crippen molar-refractivity contribution in [2.24, 2.45) is 11.3 Å². The van der Waals surface area contributed by atoms with E-state index in [1.807, 2.05) is 4.90 Å². The minimum Gasteiger partial charge on any atom is -0.339 e. The van der Waals surface area contributed by atoms with Gasteiger partial charge in [0.15, 0.2) is 0 Å². The Morgan fingerprint density at radius 1 is 1.33 bits per heavy atom. The second-order valence-electron chi connectivity index (χ2n) is 6.74. The third kappa shape index (κ3) is 3.65. The van der Waals surface area contributed by atoms with Crippen molar-refractivity contribution in [1.29, 1.82) is 5.26 Å². The number of carbonyl (C=O) groups is 1. The van der Waals surface area contributed by atoms with Crippen LogP contribution in [0, 0.1) is 22.7 Å². The number of likely N-dealkylation sites (tertiary alicyclic amines) is 1. The van der Waals surface area contributed by atoms with Crippen LogP contribution >= 0.6 is 15.9 Å². The molecule has 0 atom stereocenters. The summed E-state index contributed by atoms with van der Waals surface area (Å²) in [4.78, 5) is 14.5. The number of amides is 1. The number of piperidine rings is 1. The van der Waals surface area contributed by atoms with E-state index >= 15 is 0 Å². The largest absolute Gasteiger partial charge is 0.339 e. The maximum atomic E-state index is 12.5. The quantitative estimate of drug-likeness (QED) is 0.762. The Morgan fingerprint density at radius 2 is 1.95 bits per heavy atom. The maximum Gasteiger partial charge on any atom is 0.253 e. The molecule has 0 N–H and O–H groups in total. The molecule has 112 valence electrons. The molecule has 1 aliphatic rings.